The second kappa shape index (κ2) is 11.9. The monoisotopic (exact) mass is 519 g/mol. The summed E-state index contributed by atoms with van der Waals surface area (Å²) >= 11 is 0. The van der Waals surface area contributed by atoms with Crippen LogP contribution in [-0.4, -0.2) is 34.2 Å². The first kappa shape index (κ1) is 26.9. The molecule has 9 heteroatoms. The number of hydrogen-bond acceptors (Lipinski definition) is 5. The van der Waals surface area contributed by atoms with E-state index in [1.54, 1.807) is 0 Å². The third-order valence-electron chi connectivity index (χ3n) is 6.84. The number of aromatic nitrogens is 1. The molecule has 0 saturated heterocycles. The molecule has 0 unspecified atom stereocenters. The second-order valence-corrected chi connectivity index (χ2v) is 10.1. The van der Waals surface area contributed by atoms with Crippen LogP contribution in [-0.2, 0) is 12.1 Å². The van der Waals surface area contributed by atoms with Crippen molar-refractivity contribution in [1.82, 2.24) is 15.6 Å². The molecule has 1 aliphatic carbocycles. The van der Waals surface area contributed by atoms with E-state index in [4.69, 9.17) is 0 Å². The van der Waals surface area contributed by atoms with Crippen LogP contribution in [0.15, 0.2) is 66.7 Å². The first-order valence-electron chi connectivity index (χ1n) is 12.9. The highest BCUT2D eigenvalue weighted by Gasteiger charge is 2.29. The number of halogens is 1. The molecular weight excluding hydrogens is 485 g/mol. The summed E-state index contributed by atoms with van der Waals surface area (Å²) in [6.45, 7) is 4.15. The van der Waals surface area contributed by atoms with Gasteiger partial charge in [0, 0.05) is 12.6 Å². The number of carbonyl (C=O) groups excluding carboxylic acids is 1. The molecule has 2 amide bonds. The van der Waals surface area contributed by atoms with E-state index in [2.05, 4.69) is 26.3 Å². The lowest BCUT2D eigenvalue weighted by Gasteiger charge is -2.32. The largest absolute Gasteiger partial charge is 0.465 e. The summed E-state index contributed by atoms with van der Waals surface area (Å²) in [5, 5.41) is 21.0. The zero-order valence-electron chi connectivity index (χ0n) is 21.6. The van der Waals surface area contributed by atoms with Gasteiger partial charge in [0.2, 0.25) is 0 Å². The predicted octanol–water partition coefficient (Wildman–Crippen LogP) is 5.49. The van der Waals surface area contributed by atoms with Crippen LogP contribution < -0.4 is 21.3 Å². The molecule has 8 nitrogen and oxygen atoms in total. The molecule has 1 aliphatic rings. The number of carboxylic acid groups (broad SMARTS) is 1. The number of anilines is 2. The van der Waals surface area contributed by atoms with Crippen LogP contribution in [0.3, 0.4) is 0 Å². The number of benzene rings is 2. The van der Waals surface area contributed by atoms with Crippen LogP contribution in [0.5, 0.6) is 0 Å². The average Bonchev–Trinajstić information content (AvgIpc) is 2.90. The highest BCUT2D eigenvalue weighted by molar-refractivity contribution is 5.99. The maximum Gasteiger partial charge on any atom is 0.404 e. The lowest BCUT2D eigenvalue weighted by atomic mass is 9.90. The van der Waals surface area contributed by atoms with Gasteiger partial charge in [-0.3, -0.25) is 4.79 Å². The Bertz CT molecular complexity index is 1250. The van der Waals surface area contributed by atoms with Gasteiger partial charge >= 0.3 is 6.09 Å². The summed E-state index contributed by atoms with van der Waals surface area (Å²) in [7, 11) is 0. The van der Waals surface area contributed by atoms with Gasteiger partial charge in [-0.1, -0.05) is 73.5 Å². The van der Waals surface area contributed by atoms with Crippen molar-refractivity contribution in [2.45, 2.75) is 63.7 Å². The van der Waals surface area contributed by atoms with Crippen LogP contribution in [0.1, 0.15) is 61.0 Å². The lowest BCUT2D eigenvalue weighted by molar-refractivity contribution is 0.0912. The lowest BCUT2D eigenvalue weighted by Crippen LogP contribution is -2.48. The van der Waals surface area contributed by atoms with Crippen molar-refractivity contribution in [1.29, 1.82) is 0 Å². The highest BCUT2D eigenvalue weighted by atomic mass is 19.1. The third kappa shape index (κ3) is 6.79. The van der Waals surface area contributed by atoms with Crippen molar-refractivity contribution in [3.63, 3.8) is 0 Å². The predicted molar refractivity (Wildman–Crippen MR) is 146 cm³/mol. The zero-order chi connectivity index (χ0) is 27.1. The molecule has 3 aromatic rings. The average molecular weight is 520 g/mol. The van der Waals surface area contributed by atoms with Crippen molar-refractivity contribution in [2.75, 3.05) is 10.6 Å². The molecule has 0 aliphatic heterocycles. The Morgan fingerprint density at radius 2 is 1.61 bits per heavy atom. The summed E-state index contributed by atoms with van der Waals surface area (Å²) in [4.78, 5) is 29.2. The Hall–Kier alpha value is -4.14. The molecule has 4 rings (SSSR count). The highest BCUT2D eigenvalue weighted by Crippen LogP contribution is 2.27. The number of rotatable bonds is 9. The van der Waals surface area contributed by atoms with Gasteiger partial charge in [-0.2, -0.15) is 0 Å². The Morgan fingerprint density at radius 1 is 0.974 bits per heavy atom. The quantitative estimate of drug-likeness (QED) is 0.255. The fraction of sp³-hybridized carbons (Fsp3) is 0.345. The Kier molecular flexibility index (Phi) is 8.45. The topological polar surface area (TPSA) is 115 Å². The molecule has 1 heterocycles. The van der Waals surface area contributed by atoms with E-state index in [0.29, 0.717) is 19.4 Å². The van der Waals surface area contributed by atoms with E-state index >= 15 is 4.39 Å². The molecule has 0 spiro atoms. The molecule has 38 heavy (non-hydrogen) atoms. The Morgan fingerprint density at radius 3 is 2.26 bits per heavy atom. The molecule has 200 valence electrons. The van der Waals surface area contributed by atoms with E-state index in [0.717, 1.165) is 24.0 Å². The van der Waals surface area contributed by atoms with Gasteiger partial charge in [-0.05, 0) is 43.9 Å². The van der Waals surface area contributed by atoms with Crippen LogP contribution in [0, 0.1) is 5.82 Å². The van der Waals surface area contributed by atoms with Crippen LogP contribution in [0.25, 0.3) is 0 Å². The van der Waals surface area contributed by atoms with Crippen LogP contribution in [0.4, 0.5) is 20.8 Å². The minimum atomic E-state index is -1.12. The molecule has 1 fully saturated rings. The number of pyridine rings is 1. The van der Waals surface area contributed by atoms with Gasteiger partial charge in [0.05, 0.1) is 17.1 Å². The van der Waals surface area contributed by atoms with Gasteiger partial charge in [0.1, 0.15) is 5.82 Å². The van der Waals surface area contributed by atoms with Gasteiger partial charge in [0.25, 0.3) is 5.91 Å². The number of nitrogens with one attached hydrogen (secondary N) is 4. The Labute approximate surface area is 222 Å². The van der Waals surface area contributed by atoms with Crippen LogP contribution in [0.2, 0.25) is 0 Å². The van der Waals surface area contributed by atoms with Crippen LogP contribution >= 0.6 is 0 Å². The van der Waals surface area contributed by atoms with Crippen molar-refractivity contribution in [2.24, 2.45) is 0 Å². The zero-order valence-corrected chi connectivity index (χ0v) is 21.6. The second-order valence-electron chi connectivity index (χ2n) is 10.1. The number of carbonyl (C=O) groups is 2. The summed E-state index contributed by atoms with van der Waals surface area (Å²) < 4.78 is 15.4. The first-order chi connectivity index (χ1) is 18.2. The minimum absolute atomic E-state index is 0.0245. The Balaban J connectivity index is 1.62. The summed E-state index contributed by atoms with van der Waals surface area (Å²) in [5.41, 5.74) is 1.26. The minimum Gasteiger partial charge on any atom is -0.465 e. The number of nitrogens with zero attached hydrogens (tertiary/aromatic N) is 1. The SMILES string of the molecule is CC(C)(NC(=O)c1cc(F)c(N[C@H]2CCCC[C@H]2NC(=O)O)nc1NCc1ccccc1)c1ccccc1. The van der Waals surface area contributed by atoms with Gasteiger partial charge in [0.15, 0.2) is 11.6 Å². The standard InChI is InChI=1S/C29H34FN5O3/c1-29(2,20-13-7-4-8-14-20)35-27(36)21-17-22(30)26(32-23-15-9-10-16-24(23)33-28(37)38)34-25(21)31-18-19-11-5-3-6-12-19/h3-8,11-14,17,23-24,33H,9-10,15-16,18H2,1-2H3,(H,35,36)(H,37,38)(H2,31,32,34)/t23-,24+/m0/s1. The molecular formula is C29H34FN5O3. The fourth-order valence-corrected chi connectivity index (χ4v) is 4.77. The van der Waals surface area contributed by atoms with Crippen molar-refractivity contribution in [3.8, 4) is 0 Å². The summed E-state index contributed by atoms with van der Waals surface area (Å²) in [5.74, 6) is -0.936. The van der Waals surface area contributed by atoms with E-state index in [-0.39, 0.29) is 29.3 Å². The maximum absolute atomic E-state index is 15.4. The normalized spacial score (nSPS) is 17.3. The van der Waals surface area contributed by atoms with Crippen molar-refractivity contribution < 1.29 is 19.1 Å². The summed E-state index contributed by atoms with van der Waals surface area (Å²) in [6, 6.07) is 19.7. The van der Waals surface area contributed by atoms with E-state index in [1.807, 2.05) is 74.5 Å². The molecule has 1 aromatic heterocycles. The van der Waals surface area contributed by atoms with Crippen molar-refractivity contribution >= 4 is 23.6 Å². The fourth-order valence-electron chi connectivity index (χ4n) is 4.77. The van der Waals surface area contributed by atoms with Gasteiger partial charge in [-0.25, -0.2) is 14.2 Å². The summed E-state index contributed by atoms with van der Waals surface area (Å²) in [6.07, 6.45) is 1.99. The third-order valence-corrected chi connectivity index (χ3v) is 6.84. The molecule has 5 N–H and O–H groups in total. The maximum atomic E-state index is 15.4. The van der Waals surface area contributed by atoms with E-state index in [9.17, 15) is 14.7 Å². The number of amides is 2. The number of hydrogen-bond donors (Lipinski definition) is 5. The molecule has 0 bridgehead atoms. The smallest absolute Gasteiger partial charge is 0.404 e. The van der Waals surface area contributed by atoms with Gasteiger partial charge in [-0.15, -0.1) is 0 Å². The molecule has 2 aromatic carbocycles. The van der Waals surface area contributed by atoms with Crippen molar-refractivity contribution in [3.05, 3.63) is 89.2 Å². The molecule has 1 saturated carbocycles. The van der Waals surface area contributed by atoms with Gasteiger partial charge < -0.3 is 26.4 Å². The van der Waals surface area contributed by atoms with E-state index in [1.165, 1.54) is 6.07 Å². The molecule has 2 atom stereocenters. The molecule has 0 radical (unpaired) electrons. The van der Waals surface area contributed by atoms with E-state index < -0.39 is 23.4 Å². The first-order valence-corrected chi connectivity index (χ1v) is 12.9.